The van der Waals surface area contributed by atoms with Gasteiger partial charge >= 0.3 is 5.97 Å². The Kier molecular flexibility index (Phi) is 5.40. The lowest BCUT2D eigenvalue weighted by molar-refractivity contribution is 0.0698. The van der Waals surface area contributed by atoms with Crippen molar-refractivity contribution in [1.29, 1.82) is 0 Å². The summed E-state index contributed by atoms with van der Waals surface area (Å²) in [5.74, 6) is -0.499. The number of nitrogens with one attached hydrogen (secondary N) is 1. The number of rotatable bonds is 5. The van der Waals surface area contributed by atoms with Gasteiger partial charge in [0.1, 0.15) is 11.3 Å². The van der Waals surface area contributed by atoms with Crippen molar-refractivity contribution in [1.82, 2.24) is 9.78 Å². The number of carboxylic acids is 1. The summed E-state index contributed by atoms with van der Waals surface area (Å²) in [6.07, 6.45) is 1.92. The van der Waals surface area contributed by atoms with E-state index in [0.717, 1.165) is 27.6 Å². The minimum atomic E-state index is -1.01. The van der Waals surface area contributed by atoms with E-state index in [-0.39, 0.29) is 17.0 Å². The molecule has 0 aliphatic heterocycles. The maximum Gasteiger partial charge on any atom is 0.337 e. The van der Waals surface area contributed by atoms with Gasteiger partial charge in [0.05, 0.1) is 22.5 Å². The molecule has 7 nitrogen and oxygen atoms in total. The number of aryl methyl sites for hydroxylation is 2. The molecule has 5 aromatic rings. The van der Waals surface area contributed by atoms with E-state index in [1.54, 1.807) is 35.9 Å². The Morgan fingerprint density at radius 1 is 1.11 bits per heavy atom. The van der Waals surface area contributed by atoms with E-state index in [9.17, 15) is 14.7 Å². The van der Waals surface area contributed by atoms with Gasteiger partial charge in [0.2, 0.25) is 0 Å². The van der Waals surface area contributed by atoms with Gasteiger partial charge in [0.25, 0.3) is 0 Å². The van der Waals surface area contributed by atoms with Crippen LogP contribution in [0.2, 0.25) is 0 Å². The number of para-hydroxylation sites is 1. The molecule has 3 aromatic carbocycles. The molecule has 0 bridgehead atoms. The molecule has 0 saturated heterocycles. The van der Waals surface area contributed by atoms with E-state index >= 15 is 0 Å². The van der Waals surface area contributed by atoms with Gasteiger partial charge in [-0.25, -0.2) is 4.79 Å². The SMILES string of the molecule is Cc1cc(C(C)Nc2ccccc2C(=O)O)c2oc(-c3ccc4nn(C)cc4c3)c(C)c(=O)c2c1. The van der Waals surface area contributed by atoms with Gasteiger partial charge in [-0.05, 0) is 62.7 Å². The first-order valence-corrected chi connectivity index (χ1v) is 11.3. The first kappa shape index (κ1) is 22.4. The van der Waals surface area contributed by atoms with E-state index in [0.29, 0.717) is 28.0 Å². The highest BCUT2D eigenvalue weighted by atomic mass is 16.4. The van der Waals surface area contributed by atoms with Crippen molar-refractivity contribution >= 4 is 33.5 Å². The predicted octanol–water partition coefficient (Wildman–Crippen LogP) is 5.83. The number of hydrogen-bond donors (Lipinski definition) is 2. The second-order valence-corrected chi connectivity index (χ2v) is 8.91. The van der Waals surface area contributed by atoms with Crippen molar-refractivity contribution < 1.29 is 14.3 Å². The van der Waals surface area contributed by atoms with E-state index < -0.39 is 5.97 Å². The van der Waals surface area contributed by atoms with E-state index in [1.165, 1.54) is 0 Å². The Morgan fingerprint density at radius 3 is 2.66 bits per heavy atom. The molecule has 1 unspecified atom stereocenters. The summed E-state index contributed by atoms with van der Waals surface area (Å²) < 4.78 is 8.21. The highest BCUT2D eigenvalue weighted by molar-refractivity contribution is 5.94. The van der Waals surface area contributed by atoms with Gasteiger partial charge in [0.15, 0.2) is 5.43 Å². The van der Waals surface area contributed by atoms with Crippen LogP contribution in [0.4, 0.5) is 5.69 Å². The van der Waals surface area contributed by atoms with E-state index in [1.807, 2.05) is 57.4 Å². The molecular weight excluding hydrogens is 442 g/mol. The number of carbonyl (C=O) groups is 1. The fourth-order valence-corrected chi connectivity index (χ4v) is 4.56. The van der Waals surface area contributed by atoms with Gasteiger partial charge in [-0.15, -0.1) is 0 Å². The molecule has 0 aliphatic carbocycles. The van der Waals surface area contributed by atoms with Crippen LogP contribution in [0.15, 0.2) is 70.0 Å². The maximum absolute atomic E-state index is 13.4. The highest BCUT2D eigenvalue weighted by Gasteiger charge is 2.20. The first-order chi connectivity index (χ1) is 16.7. The van der Waals surface area contributed by atoms with E-state index in [4.69, 9.17) is 4.42 Å². The summed E-state index contributed by atoms with van der Waals surface area (Å²) in [6, 6.07) is 16.0. The molecule has 2 aromatic heterocycles. The number of fused-ring (bicyclic) bond motifs is 2. The second-order valence-electron chi connectivity index (χ2n) is 8.91. The third-order valence-corrected chi connectivity index (χ3v) is 6.27. The quantitative estimate of drug-likeness (QED) is 0.337. The molecule has 0 fully saturated rings. The summed E-state index contributed by atoms with van der Waals surface area (Å²) in [5.41, 5.74) is 4.97. The Morgan fingerprint density at radius 2 is 1.89 bits per heavy atom. The van der Waals surface area contributed by atoms with Crippen LogP contribution in [-0.4, -0.2) is 20.9 Å². The zero-order valence-corrected chi connectivity index (χ0v) is 19.9. The molecule has 35 heavy (non-hydrogen) atoms. The van der Waals surface area contributed by atoms with Crippen LogP contribution in [0.3, 0.4) is 0 Å². The number of carboxylic acid groups (broad SMARTS) is 1. The largest absolute Gasteiger partial charge is 0.478 e. The Hall–Kier alpha value is -4.39. The molecule has 2 N–H and O–H groups in total. The summed E-state index contributed by atoms with van der Waals surface area (Å²) in [7, 11) is 1.87. The number of aromatic nitrogens is 2. The molecule has 5 rings (SSSR count). The molecule has 7 heteroatoms. The first-order valence-electron chi connectivity index (χ1n) is 11.3. The van der Waals surface area contributed by atoms with Crippen molar-refractivity contribution in [2.75, 3.05) is 5.32 Å². The lowest BCUT2D eigenvalue weighted by Crippen LogP contribution is -2.14. The molecule has 0 amide bonds. The third kappa shape index (κ3) is 3.95. The van der Waals surface area contributed by atoms with Crippen LogP contribution in [0.5, 0.6) is 0 Å². The molecular formula is C28H25N3O4. The number of anilines is 1. The molecule has 0 radical (unpaired) electrons. The third-order valence-electron chi connectivity index (χ3n) is 6.27. The summed E-state index contributed by atoms with van der Waals surface area (Å²) in [6.45, 7) is 5.63. The van der Waals surface area contributed by atoms with Crippen LogP contribution < -0.4 is 10.7 Å². The monoisotopic (exact) mass is 467 g/mol. The lowest BCUT2D eigenvalue weighted by Gasteiger charge is -2.20. The zero-order chi connectivity index (χ0) is 24.9. The van der Waals surface area contributed by atoms with E-state index in [2.05, 4.69) is 10.4 Å². The van der Waals surface area contributed by atoms with Crippen molar-refractivity contribution in [2.24, 2.45) is 7.05 Å². The summed E-state index contributed by atoms with van der Waals surface area (Å²) in [4.78, 5) is 25.1. The highest BCUT2D eigenvalue weighted by Crippen LogP contribution is 2.33. The minimum Gasteiger partial charge on any atom is -0.478 e. The van der Waals surface area contributed by atoms with Crippen LogP contribution in [0.1, 0.15) is 40.0 Å². The van der Waals surface area contributed by atoms with Crippen molar-refractivity contribution in [3.63, 3.8) is 0 Å². The molecule has 0 aliphatic rings. The molecule has 0 saturated carbocycles. The second kappa shape index (κ2) is 8.43. The minimum absolute atomic E-state index is 0.0874. The Balaban J connectivity index is 1.68. The molecule has 2 heterocycles. The average Bonchev–Trinajstić information content (AvgIpc) is 3.20. The van der Waals surface area contributed by atoms with Crippen LogP contribution in [-0.2, 0) is 7.05 Å². The van der Waals surface area contributed by atoms with Gasteiger partial charge in [-0.1, -0.05) is 18.2 Å². The predicted molar refractivity (Wildman–Crippen MR) is 137 cm³/mol. The number of hydrogen-bond acceptors (Lipinski definition) is 5. The van der Waals surface area contributed by atoms with Gasteiger partial charge < -0.3 is 14.8 Å². The van der Waals surface area contributed by atoms with Crippen molar-refractivity contribution in [2.45, 2.75) is 26.8 Å². The normalized spacial score (nSPS) is 12.2. The standard InChI is InChI=1S/C28H25N3O4/c1-15-11-21(17(3)29-24-8-6-5-7-20(24)28(33)34)27-22(12-15)25(32)16(2)26(35-27)18-9-10-23-19(13-18)14-31(4)30-23/h5-14,17,29H,1-4H3,(H,33,34). The topological polar surface area (TPSA) is 97.4 Å². The van der Waals surface area contributed by atoms with Gasteiger partial charge in [0, 0.05) is 41.0 Å². The molecule has 1 atom stereocenters. The van der Waals surface area contributed by atoms with Crippen molar-refractivity contribution in [3.8, 4) is 11.3 Å². The zero-order valence-electron chi connectivity index (χ0n) is 19.9. The van der Waals surface area contributed by atoms with Gasteiger partial charge in [-0.3, -0.25) is 9.48 Å². The number of aromatic carboxylic acids is 1. The molecule has 176 valence electrons. The average molecular weight is 468 g/mol. The van der Waals surface area contributed by atoms with Crippen molar-refractivity contribution in [3.05, 3.63) is 93.3 Å². The smallest absolute Gasteiger partial charge is 0.337 e. The maximum atomic E-state index is 13.4. The van der Waals surface area contributed by atoms with Crippen LogP contribution in [0, 0.1) is 13.8 Å². The number of nitrogens with zero attached hydrogens (tertiary/aromatic N) is 2. The summed E-state index contributed by atoms with van der Waals surface area (Å²) in [5, 5.41) is 18.7. The number of benzene rings is 3. The van der Waals surface area contributed by atoms with Gasteiger partial charge in [-0.2, -0.15) is 5.10 Å². The molecule has 0 spiro atoms. The Bertz CT molecular complexity index is 1680. The van der Waals surface area contributed by atoms with Crippen LogP contribution >= 0.6 is 0 Å². The van der Waals surface area contributed by atoms with Crippen LogP contribution in [0.25, 0.3) is 33.2 Å². The lowest BCUT2D eigenvalue weighted by atomic mass is 9.98. The fraction of sp³-hybridized carbons (Fsp3) is 0.179. The Labute approximate surface area is 201 Å². The fourth-order valence-electron chi connectivity index (χ4n) is 4.56. The summed E-state index contributed by atoms with van der Waals surface area (Å²) >= 11 is 0.